The number of benzene rings is 1. The van der Waals surface area contributed by atoms with Gasteiger partial charge < -0.3 is 19.9 Å². The van der Waals surface area contributed by atoms with Crippen molar-refractivity contribution in [2.45, 2.75) is 31.7 Å². The molecular weight excluding hydrogens is 416 g/mol. The summed E-state index contributed by atoms with van der Waals surface area (Å²) < 4.78 is 5.51. The smallest absolute Gasteiger partial charge is 0.320 e. The largest absolute Gasteiger partial charge is 0.379 e. The van der Waals surface area contributed by atoms with Crippen LogP contribution >= 0.6 is 11.6 Å². The lowest BCUT2D eigenvalue weighted by Gasteiger charge is -2.37. The van der Waals surface area contributed by atoms with Crippen LogP contribution in [0.2, 0.25) is 5.02 Å². The molecule has 4 rings (SSSR count). The number of nitrogens with one attached hydrogen (secondary N) is 1. The van der Waals surface area contributed by atoms with Crippen molar-refractivity contribution in [3.8, 4) is 0 Å². The molecule has 3 amide bonds. The molecule has 0 aliphatic carbocycles. The highest BCUT2D eigenvalue weighted by molar-refractivity contribution is 6.31. The van der Waals surface area contributed by atoms with Gasteiger partial charge in [-0.15, -0.1) is 0 Å². The molecule has 0 aromatic heterocycles. The van der Waals surface area contributed by atoms with E-state index < -0.39 is 0 Å². The minimum atomic E-state index is -0.156. The number of likely N-dealkylation sites (tertiary alicyclic amines) is 2. The van der Waals surface area contributed by atoms with Gasteiger partial charge in [0.2, 0.25) is 5.91 Å². The van der Waals surface area contributed by atoms with Gasteiger partial charge in [-0.25, -0.2) is 4.79 Å². The van der Waals surface area contributed by atoms with E-state index >= 15 is 0 Å². The Morgan fingerprint density at radius 2 is 1.74 bits per heavy atom. The quantitative estimate of drug-likeness (QED) is 0.752. The molecule has 1 aromatic rings. The van der Waals surface area contributed by atoms with Gasteiger partial charge in [0.15, 0.2) is 0 Å². The molecule has 1 N–H and O–H groups in total. The summed E-state index contributed by atoms with van der Waals surface area (Å²) in [6, 6.07) is 7.94. The van der Waals surface area contributed by atoms with Gasteiger partial charge in [0.05, 0.1) is 25.2 Å². The van der Waals surface area contributed by atoms with Gasteiger partial charge in [0.25, 0.3) is 0 Å². The topological polar surface area (TPSA) is 65.1 Å². The van der Waals surface area contributed by atoms with Crippen LogP contribution < -0.4 is 5.32 Å². The maximum Gasteiger partial charge on any atom is 0.320 e. The van der Waals surface area contributed by atoms with Gasteiger partial charge in [-0.05, 0) is 37.3 Å². The number of morpholine rings is 1. The fourth-order valence-electron chi connectivity index (χ4n) is 4.89. The van der Waals surface area contributed by atoms with Crippen molar-refractivity contribution in [2.75, 3.05) is 59.0 Å². The zero-order chi connectivity index (χ0) is 21.6. The summed E-state index contributed by atoms with van der Waals surface area (Å²) in [6.07, 6.45) is 3.85. The fourth-order valence-corrected chi connectivity index (χ4v) is 5.15. The average molecular weight is 449 g/mol. The van der Waals surface area contributed by atoms with Crippen molar-refractivity contribution in [1.29, 1.82) is 0 Å². The minimum absolute atomic E-state index is 0.00692. The first-order valence-corrected chi connectivity index (χ1v) is 11.9. The van der Waals surface area contributed by atoms with Crippen LogP contribution in [0.4, 0.5) is 4.79 Å². The summed E-state index contributed by atoms with van der Waals surface area (Å²) in [5.74, 6) is -0.124. The number of hydrogen-bond acceptors (Lipinski definition) is 4. The van der Waals surface area contributed by atoms with E-state index in [1.54, 1.807) is 0 Å². The maximum atomic E-state index is 13.1. The van der Waals surface area contributed by atoms with E-state index in [4.69, 9.17) is 16.3 Å². The van der Waals surface area contributed by atoms with Crippen LogP contribution in [0.5, 0.6) is 0 Å². The molecule has 3 heterocycles. The summed E-state index contributed by atoms with van der Waals surface area (Å²) >= 11 is 6.50. The number of carbonyl (C=O) groups excluding carboxylic acids is 2. The molecule has 3 aliphatic rings. The molecule has 0 unspecified atom stereocenters. The number of hydrogen-bond donors (Lipinski definition) is 1. The third-order valence-corrected chi connectivity index (χ3v) is 7.00. The van der Waals surface area contributed by atoms with E-state index in [2.05, 4.69) is 10.2 Å². The molecule has 2 atom stereocenters. The number of amides is 3. The lowest BCUT2D eigenvalue weighted by molar-refractivity contribution is -0.126. The molecule has 3 aliphatic heterocycles. The van der Waals surface area contributed by atoms with E-state index in [-0.39, 0.29) is 23.9 Å². The van der Waals surface area contributed by atoms with Crippen molar-refractivity contribution < 1.29 is 14.3 Å². The predicted molar refractivity (Wildman–Crippen MR) is 120 cm³/mol. The Hall–Kier alpha value is -1.83. The molecule has 31 heavy (non-hydrogen) atoms. The van der Waals surface area contributed by atoms with Gasteiger partial charge in [0, 0.05) is 50.8 Å². The fraction of sp³-hybridized carbons (Fsp3) is 0.652. The predicted octanol–water partition coefficient (Wildman–Crippen LogP) is 2.76. The molecule has 7 nitrogen and oxygen atoms in total. The summed E-state index contributed by atoms with van der Waals surface area (Å²) in [6.45, 7) is 6.43. The van der Waals surface area contributed by atoms with Crippen LogP contribution in [-0.2, 0) is 9.53 Å². The van der Waals surface area contributed by atoms with Gasteiger partial charge in [-0.3, -0.25) is 9.69 Å². The van der Waals surface area contributed by atoms with Gasteiger partial charge in [0.1, 0.15) is 0 Å². The second kappa shape index (κ2) is 10.7. The molecule has 0 bridgehead atoms. The zero-order valence-electron chi connectivity index (χ0n) is 18.1. The molecule has 0 saturated carbocycles. The number of urea groups is 1. The van der Waals surface area contributed by atoms with Crippen molar-refractivity contribution in [2.24, 2.45) is 5.92 Å². The molecule has 1 aromatic carbocycles. The molecule has 8 heteroatoms. The third-order valence-electron chi connectivity index (χ3n) is 6.66. The lowest BCUT2D eigenvalue weighted by atomic mass is 9.97. The highest BCUT2D eigenvalue weighted by Gasteiger charge is 2.32. The summed E-state index contributed by atoms with van der Waals surface area (Å²) in [4.78, 5) is 31.9. The van der Waals surface area contributed by atoms with E-state index in [0.29, 0.717) is 31.3 Å². The average Bonchev–Trinajstić information content (AvgIpc) is 3.35. The zero-order valence-corrected chi connectivity index (χ0v) is 18.9. The van der Waals surface area contributed by atoms with Crippen LogP contribution in [0.15, 0.2) is 24.3 Å². The highest BCUT2D eigenvalue weighted by Crippen LogP contribution is 2.28. The van der Waals surface area contributed by atoms with Gasteiger partial charge >= 0.3 is 6.03 Å². The Bertz CT molecular complexity index is 765. The Morgan fingerprint density at radius 3 is 2.48 bits per heavy atom. The van der Waals surface area contributed by atoms with Crippen molar-refractivity contribution >= 4 is 23.5 Å². The van der Waals surface area contributed by atoms with E-state index in [1.165, 1.54) is 0 Å². The molecule has 170 valence electrons. The number of carbonyl (C=O) groups is 2. The van der Waals surface area contributed by atoms with Crippen LogP contribution in [0, 0.1) is 5.92 Å². The first kappa shape index (κ1) is 22.4. The van der Waals surface area contributed by atoms with Crippen molar-refractivity contribution in [3.63, 3.8) is 0 Å². The monoisotopic (exact) mass is 448 g/mol. The van der Waals surface area contributed by atoms with Crippen LogP contribution in [-0.4, -0.2) is 85.7 Å². The number of halogens is 1. The SMILES string of the molecule is O=C(NC[C@H](c1ccccc1Cl)N1CCOCC1)[C@H]1CCCN(C(=O)N2CCCC2)C1. The van der Waals surface area contributed by atoms with Crippen LogP contribution in [0.3, 0.4) is 0 Å². The second-order valence-electron chi connectivity index (χ2n) is 8.69. The number of rotatable bonds is 5. The first-order valence-electron chi connectivity index (χ1n) is 11.5. The number of nitrogens with zero attached hydrogens (tertiary/aromatic N) is 3. The third kappa shape index (κ3) is 5.51. The molecule has 0 spiro atoms. The summed E-state index contributed by atoms with van der Waals surface area (Å²) in [5.41, 5.74) is 1.03. The number of ether oxygens (including phenoxy) is 1. The molecule has 0 radical (unpaired) electrons. The normalized spacial score (nSPS) is 23.6. The Morgan fingerprint density at radius 1 is 1.03 bits per heavy atom. The van der Waals surface area contributed by atoms with Crippen molar-refractivity contribution in [3.05, 3.63) is 34.9 Å². The Balaban J connectivity index is 1.37. The van der Waals surface area contributed by atoms with E-state index in [1.807, 2.05) is 34.1 Å². The Labute approximate surface area is 189 Å². The number of piperidine rings is 1. The van der Waals surface area contributed by atoms with Gasteiger partial charge in [-0.2, -0.15) is 0 Å². The molecular formula is C23H33ClN4O3. The molecule has 3 fully saturated rings. The van der Waals surface area contributed by atoms with E-state index in [0.717, 1.165) is 64.0 Å². The standard InChI is InChI=1S/C23H33ClN4O3/c24-20-8-2-1-7-19(20)21(26-12-14-31-15-13-26)16-25-22(29)18-6-5-11-28(17-18)23(30)27-9-3-4-10-27/h1-2,7-8,18,21H,3-6,9-17H2,(H,25,29)/t18-,21+/m0/s1. The minimum Gasteiger partial charge on any atom is -0.379 e. The van der Waals surface area contributed by atoms with E-state index in [9.17, 15) is 9.59 Å². The summed E-state index contributed by atoms with van der Waals surface area (Å²) in [7, 11) is 0. The van der Waals surface area contributed by atoms with Crippen LogP contribution in [0.1, 0.15) is 37.3 Å². The lowest BCUT2D eigenvalue weighted by Crippen LogP contribution is -2.50. The van der Waals surface area contributed by atoms with Crippen LogP contribution in [0.25, 0.3) is 0 Å². The van der Waals surface area contributed by atoms with Crippen molar-refractivity contribution in [1.82, 2.24) is 20.0 Å². The second-order valence-corrected chi connectivity index (χ2v) is 9.10. The summed E-state index contributed by atoms with van der Waals surface area (Å²) in [5, 5.41) is 3.89. The molecule has 3 saturated heterocycles. The Kier molecular flexibility index (Phi) is 7.69. The first-order chi connectivity index (χ1) is 15.1. The maximum absolute atomic E-state index is 13.1. The van der Waals surface area contributed by atoms with Gasteiger partial charge in [-0.1, -0.05) is 29.8 Å². The highest BCUT2D eigenvalue weighted by atomic mass is 35.5.